The van der Waals surface area contributed by atoms with Crippen molar-refractivity contribution in [1.29, 1.82) is 0 Å². The maximum absolute atomic E-state index is 13.1. The van der Waals surface area contributed by atoms with Gasteiger partial charge in [-0.1, -0.05) is 72.8 Å². The molecule has 0 saturated carbocycles. The second-order valence-electron chi connectivity index (χ2n) is 7.81. The first-order valence-corrected chi connectivity index (χ1v) is 10.0. The molecule has 0 fully saturated rings. The Labute approximate surface area is 178 Å². The molecule has 1 aliphatic rings. The van der Waals surface area contributed by atoms with Crippen molar-refractivity contribution in [3.8, 4) is 0 Å². The zero-order valence-electron chi connectivity index (χ0n) is 16.4. The summed E-state index contributed by atoms with van der Waals surface area (Å²) < 4.78 is 7.57. The zero-order valence-corrected chi connectivity index (χ0v) is 16.4. The minimum absolute atomic E-state index is 0.394. The lowest BCUT2D eigenvalue weighted by molar-refractivity contribution is 0.229. The van der Waals surface area contributed by atoms with Gasteiger partial charge in [-0.15, -0.1) is 0 Å². The third-order valence-electron chi connectivity index (χ3n) is 5.83. The van der Waals surface area contributed by atoms with E-state index in [1.54, 1.807) is 24.3 Å². The van der Waals surface area contributed by atoms with Crippen LogP contribution in [-0.4, -0.2) is 22.9 Å². The molecule has 1 aliphatic carbocycles. The molecule has 31 heavy (non-hydrogen) atoms. The molecule has 1 N–H and O–H groups in total. The van der Waals surface area contributed by atoms with Crippen LogP contribution in [0.5, 0.6) is 0 Å². The Balaban J connectivity index is 1.91. The first kappa shape index (κ1) is 18.0. The summed E-state index contributed by atoms with van der Waals surface area (Å²) in [6.07, 6.45) is 10.4. The minimum Gasteiger partial charge on any atom is -0.421 e. The van der Waals surface area contributed by atoms with Crippen LogP contribution in [0, 0.1) is 0 Å². The van der Waals surface area contributed by atoms with E-state index in [0.717, 1.165) is 38.2 Å². The molecule has 0 aliphatic heterocycles. The quantitative estimate of drug-likeness (QED) is 0.327. The van der Waals surface area contributed by atoms with Crippen molar-refractivity contribution in [3.63, 3.8) is 0 Å². The third kappa shape index (κ3) is 2.64. The molecule has 6 rings (SSSR count). The topological polar surface area (TPSA) is 54.9 Å². The highest BCUT2D eigenvalue weighted by Crippen LogP contribution is 2.39. The van der Waals surface area contributed by atoms with Crippen LogP contribution in [0.3, 0.4) is 0 Å². The summed E-state index contributed by atoms with van der Waals surface area (Å²) >= 11 is 0. The fourth-order valence-corrected chi connectivity index (χ4v) is 4.48. The highest BCUT2D eigenvalue weighted by molar-refractivity contribution is 6.20. The summed E-state index contributed by atoms with van der Waals surface area (Å²) in [7, 11) is 5.90. The van der Waals surface area contributed by atoms with Gasteiger partial charge in [0.15, 0.2) is 0 Å². The maximum Gasteiger partial charge on any atom is 0.361 e. The number of para-hydroxylation sites is 1. The smallest absolute Gasteiger partial charge is 0.361 e. The van der Waals surface area contributed by atoms with Crippen LogP contribution >= 0.6 is 0 Å². The Morgan fingerprint density at radius 1 is 0.935 bits per heavy atom. The number of aromatic nitrogens is 1. The van der Waals surface area contributed by atoms with Crippen molar-refractivity contribution < 1.29 is 9.52 Å². The van der Waals surface area contributed by atoms with Crippen molar-refractivity contribution >= 4 is 51.6 Å². The lowest BCUT2D eigenvalue weighted by Crippen LogP contribution is -2.21. The molecule has 0 bridgehead atoms. The van der Waals surface area contributed by atoms with E-state index < -0.39 is 11.1 Å². The summed E-state index contributed by atoms with van der Waals surface area (Å²) in [6, 6.07) is 17.6. The van der Waals surface area contributed by atoms with Gasteiger partial charge in [-0.2, -0.15) is 0 Å². The Hall–Kier alpha value is -3.83. The van der Waals surface area contributed by atoms with E-state index in [4.69, 9.17) is 12.3 Å². The number of hydrogen-bond donors (Lipinski definition) is 1. The zero-order chi connectivity index (χ0) is 21.2. The monoisotopic (exact) mass is 401 g/mol. The van der Waals surface area contributed by atoms with Gasteiger partial charge in [0.1, 0.15) is 18.9 Å². The van der Waals surface area contributed by atoms with E-state index >= 15 is 0 Å². The molecule has 2 radical (unpaired) electrons. The highest BCUT2D eigenvalue weighted by Gasteiger charge is 2.23. The van der Waals surface area contributed by atoms with E-state index in [1.807, 2.05) is 65.2 Å². The summed E-state index contributed by atoms with van der Waals surface area (Å²) in [6.45, 7) is 0. The average Bonchev–Trinajstić information content (AvgIpc) is 3.02. The van der Waals surface area contributed by atoms with Crippen LogP contribution in [0.4, 0.5) is 0 Å². The van der Waals surface area contributed by atoms with Gasteiger partial charge in [-0.05, 0) is 23.1 Å². The number of benzene rings is 2. The van der Waals surface area contributed by atoms with Crippen LogP contribution in [-0.2, 0) is 0 Å². The highest BCUT2D eigenvalue weighted by atomic mass is 16.4. The molecule has 0 saturated heterocycles. The molecule has 3 aromatic heterocycles. The van der Waals surface area contributed by atoms with Crippen molar-refractivity contribution in [3.05, 3.63) is 107 Å². The van der Waals surface area contributed by atoms with Crippen LogP contribution < -0.4 is 5.63 Å². The maximum atomic E-state index is 13.1. The predicted molar refractivity (Wildman–Crippen MR) is 125 cm³/mol. The molecular formula is C26H16BNO3. The molecule has 5 heteroatoms. The largest absolute Gasteiger partial charge is 0.421 e. The molecule has 0 amide bonds. The fourth-order valence-electron chi connectivity index (χ4n) is 4.48. The second kappa shape index (κ2) is 6.33. The van der Waals surface area contributed by atoms with Crippen molar-refractivity contribution in [2.24, 2.45) is 0 Å². The van der Waals surface area contributed by atoms with Gasteiger partial charge in [0, 0.05) is 27.9 Å². The van der Waals surface area contributed by atoms with Gasteiger partial charge in [0.05, 0.1) is 11.0 Å². The molecule has 5 aromatic rings. The number of aliphatic hydroxyl groups is 1. The molecule has 3 heterocycles. The molecular weight excluding hydrogens is 385 g/mol. The van der Waals surface area contributed by atoms with Gasteiger partial charge in [0.25, 0.3) is 0 Å². The van der Waals surface area contributed by atoms with Crippen LogP contribution in [0.15, 0.2) is 100 Å². The Morgan fingerprint density at radius 2 is 1.71 bits per heavy atom. The number of nitrogens with zero attached hydrogens (tertiary/aromatic N) is 1. The fraction of sp³-hybridized carbons (Fsp3) is 0.0385. The van der Waals surface area contributed by atoms with Gasteiger partial charge < -0.3 is 13.9 Å². The number of hydrogen-bond acceptors (Lipinski definition) is 3. The number of allylic oxidation sites excluding steroid dienone is 4. The average molecular weight is 401 g/mol. The number of fused-ring (bicyclic) bond motifs is 7. The summed E-state index contributed by atoms with van der Waals surface area (Å²) in [5, 5.41) is 14.0. The first-order valence-electron chi connectivity index (χ1n) is 10.0. The standard InChI is InChI=1S/C26H16BNO3/c27-26(30)13-5-7-17(11-14-26)21-22-19-9-3-4-10-20(19)31-25(29)24(22)28-15-12-16-6-1-2-8-18(16)23(21)28/h1-15,30H. The second-order valence-corrected chi connectivity index (χ2v) is 7.81. The van der Waals surface area contributed by atoms with E-state index in [0.29, 0.717) is 11.1 Å². The summed E-state index contributed by atoms with van der Waals surface area (Å²) in [4.78, 5) is 13.1. The van der Waals surface area contributed by atoms with E-state index in [-0.39, 0.29) is 0 Å². The minimum atomic E-state index is -1.53. The van der Waals surface area contributed by atoms with Crippen LogP contribution in [0.1, 0.15) is 5.56 Å². The van der Waals surface area contributed by atoms with Gasteiger partial charge in [-0.3, -0.25) is 0 Å². The Morgan fingerprint density at radius 3 is 2.58 bits per heavy atom. The molecule has 1 unspecified atom stereocenters. The number of pyridine rings is 1. The summed E-state index contributed by atoms with van der Waals surface area (Å²) in [5.41, 5.74) is 1.74. The lowest BCUT2D eigenvalue weighted by atomic mass is 9.81. The Bertz CT molecular complexity index is 1680. The lowest BCUT2D eigenvalue weighted by Gasteiger charge is -2.12. The van der Waals surface area contributed by atoms with Crippen LogP contribution in [0.2, 0.25) is 0 Å². The Kier molecular flexibility index (Phi) is 3.67. The van der Waals surface area contributed by atoms with Crippen LogP contribution in [0.25, 0.3) is 43.7 Å². The van der Waals surface area contributed by atoms with E-state index in [2.05, 4.69) is 0 Å². The first-order chi connectivity index (χ1) is 15.0. The van der Waals surface area contributed by atoms with Crippen molar-refractivity contribution in [1.82, 2.24) is 4.40 Å². The van der Waals surface area contributed by atoms with Crippen molar-refractivity contribution in [2.45, 2.75) is 5.50 Å². The third-order valence-corrected chi connectivity index (χ3v) is 5.83. The molecule has 4 nitrogen and oxygen atoms in total. The molecule has 1 atom stereocenters. The number of rotatable bonds is 1. The molecule has 146 valence electrons. The van der Waals surface area contributed by atoms with E-state index in [9.17, 15) is 9.90 Å². The normalized spacial score (nSPS) is 18.8. The van der Waals surface area contributed by atoms with Gasteiger partial charge >= 0.3 is 5.63 Å². The van der Waals surface area contributed by atoms with Gasteiger partial charge in [0.2, 0.25) is 0 Å². The van der Waals surface area contributed by atoms with E-state index in [1.165, 1.54) is 6.08 Å². The molecule has 0 spiro atoms. The summed E-state index contributed by atoms with van der Waals surface area (Å²) in [5.74, 6) is 0. The predicted octanol–water partition coefficient (Wildman–Crippen LogP) is 4.72. The SMILES string of the molecule is [B]C1(O)C=CC=C(c2c3c4ccccc4oc(=O)c3n3ccc4ccccc4c23)C=C1. The molecule has 2 aromatic carbocycles. The van der Waals surface area contributed by atoms with Gasteiger partial charge in [-0.25, -0.2) is 4.79 Å². The van der Waals surface area contributed by atoms with Crippen molar-refractivity contribution in [2.75, 3.05) is 0 Å².